The van der Waals surface area contributed by atoms with E-state index < -0.39 is 0 Å². The van der Waals surface area contributed by atoms with E-state index in [9.17, 15) is 0 Å². The minimum atomic E-state index is 0.799. The van der Waals surface area contributed by atoms with E-state index in [-0.39, 0.29) is 0 Å². The summed E-state index contributed by atoms with van der Waals surface area (Å²) in [7, 11) is 1.66. The molecule has 4 nitrogen and oxygen atoms in total. The number of benzene rings is 1. The first-order valence-electron chi connectivity index (χ1n) is 6.13. The van der Waals surface area contributed by atoms with Gasteiger partial charge in [-0.2, -0.15) is 0 Å². The minimum absolute atomic E-state index is 0.799. The lowest BCUT2D eigenvalue weighted by atomic mass is 10.2. The molecule has 0 atom stereocenters. The van der Waals surface area contributed by atoms with Crippen LogP contribution in [0.1, 0.15) is 0 Å². The van der Waals surface area contributed by atoms with Gasteiger partial charge in [-0.05, 0) is 24.3 Å². The number of aromatic nitrogens is 2. The third-order valence-electron chi connectivity index (χ3n) is 2.83. The van der Waals surface area contributed by atoms with Gasteiger partial charge in [0.1, 0.15) is 5.75 Å². The average molecular weight is 283 g/mol. The first kappa shape index (κ1) is 12.6. The smallest absolute Gasteiger partial charge is 0.187 e. The normalized spacial score (nSPS) is 10.2. The second kappa shape index (κ2) is 5.71. The van der Waals surface area contributed by atoms with Crippen molar-refractivity contribution in [3.8, 4) is 17.0 Å². The van der Waals surface area contributed by atoms with Crippen molar-refractivity contribution in [3.63, 3.8) is 0 Å². The van der Waals surface area contributed by atoms with Crippen molar-refractivity contribution < 1.29 is 4.74 Å². The first-order chi connectivity index (χ1) is 9.86. The fourth-order valence-electron chi connectivity index (χ4n) is 1.85. The molecule has 100 valence electrons. The third-order valence-corrected chi connectivity index (χ3v) is 3.59. The Labute approximate surface area is 121 Å². The molecule has 0 unspecified atom stereocenters. The van der Waals surface area contributed by atoms with E-state index in [1.54, 1.807) is 30.8 Å². The summed E-state index contributed by atoms with van der Waals surface area (Å²) in [6.45, 7) is 0. The molecule has 2 aromatic heterocycles. The summed E-state index contributed by atoms with van der Waals surface area (Å²) in [5, 5.41) is 6.14. The molecule has 0 saturated heterocycles. The zero-order valence-electron chi connectivity index (χ0n) is 10.9. The van der Waals surface area contributed by atoms with Gasteiger partial charge in [-0.1, -0.05) is 12.1 Å². The van der Waals surface area contributed by atoms with Crippen LogP contribution in [0, 0.1) is 0 Å². The van der Waals surface area contributed by atoms with Gasteiger partial charge in [-0.25, -0.2) is 4.98 Å². The molecule has 3 aromatic rings. The van der Waals surface area contributed by atoms with Crippen molar-refractivity contribution in [2.45, 2.75) is 0 Å². The van der Waals surface area contributed by atoms with Crippen molar-refractivity contribution in [3.05, 3.63) is 54.2 Å². The predicted molar refractivity (Wildman–Crippen MR) is 81.6 cm³/mol. The summed E-state index contributed by atoms with van der Waals surface area (Å²) in [6, 6.07) is 11.7. The van der Waals surface area contributed by atoms with E-state index in [2.05, 4.69) is 15.3 Å². The third kappa shape index (κ3) is 2.62. The van der Waals surface area contributed by atoms with Crippen LogP contribution >= 0.6 is 11.3 Å². The summed E-state index contributed by atoms with van der Waals surface area (Å²) < 4.78 is 5.32. The van der Waals surface area contributed by atoms with Crippen molar-refractivity contribution in [2.75, 3.05) is 12.4 Å². The molecule has 0 spiro atoms. The highest BCUT2D eigenvalue weighted by Gasteiger charge is 2.07. The minimum Gasteiger partial charge on any atom is -0.495 e. The highest BCUT2D eigenvalue weighted by atomic mass is 32.1. The number of anilines is 2. The largest absolute Gasteiger partial charge is 0.495 e. The molecular weight excluding hydrogens is 270 g/mol. The Hall–Kier alpha value is -2.40. The summed E-state index contributed by atoms with van der Waals surface area (Å²) in [6.07, 6.45) is 3.53. The van der Waals surface area contributed by atoms with Crippen LogP contribution in [-0.2, 0) is 0 Å². The Morgan fingerprint density at radius 3 is 2.70 bits per heavy atom. The van der Waals surface area contributed by atoms with E-state index >= 15 is 0 Å². The zero-order valence-corrected chi connectivity index (χ0v) is 11.7. The number of nitrogens with one attached hydrogen (secondary N) is 1. The van der Waals surface area contributed by atoms with Crippen LogP contribution in [0.15, 0.2) is 54.2 Å². The maximum atomic E-state index is 5.32. The highest BCUT2D eigenvalue weighted by Crippen LogP contribution is 2.30. The highest BCUT2D eigenvalue weighted by molar-refractivity contribution is 7.14. The van der Waals surface area contributed by atoms with Crippen LogP contribution in [0.4, 0.5) is 10.8 Å². The standard InChI is InChI=1S/C15H13N3OS/c1-19-14-5-3-2-4-12(14)17-15-18-13(10-20-15)11-6-8-16-9-7-11/h2-10H,1H3,(H,17,18). The van der Waals surface area contributed by atoms with Gasteiger partial charge in [-0.3, -0.25) is 4.98 Å². The molecule has 1 aromatic carbocycles. The van der Waals surface area contributed by atoms with Crippen LogP contribution in [0.5, 0.6) is 5.75 Å². The van der Waals surface area contributed by atoms with Gasteiger partial charge in [0.2, 0.25) is 0 Å². The topological polar surface area (TPSA) is 47.0 Å². The van der Waals surface area contributed by atoms with E-state index in [1.807, 2.05) is 41.8 Å². The quantitative estimate of drug-likeness (QED) is 0.787. The first-order valence-corrected chi connectivity index (χ1v) is 7.01. The molecule has 20 heavy (non-hydrogen) atoms. The van der Waals surface area contributed by atoms with Crippen molar-refractivity contribution in [1.82, 2.24) is 9.97 Å². The number of rotatable bonds is 4. The summed E-state index contributed by atoms with van der Waals surface area (Å²) in [5.41, 5.74) is 2.91. The molecule has 0 radical (unpaired) electrons. The zero-order chi connectivity index (χ0) is 13.8. The number of thiazole rings is 1. The number of para-hydroxylation sites is 2. The van der Waals surface area contributed by atoms with Gasteiger partial charge in [-0.15, -0.1) is 11.3 Å². The van der Waals surface area contributed by atoms with Crippen molar-refractivity contribution >= 4 is 22.2 Å². The van der Waals surface area contributed by atoms with Crippen LogP contribution < -0.4 is 10.1 Å². The number of ether oxygens (including phenoxy) is 1. The van der Waals surface area contributed by atoms with Gasteiger partial charge < -0.3 is 10.1 Å². The number of pyridine rings is 1. The lowest BCUT2D eigenvalue weighted by Crippen LogP contribution is -1.93. The second-order valence-electron chi connectivity index (χ2n) is 4.10. The maximum absolute atomic E-state index is 5.32. The number of hydrogen-bond donors (Lipinski definition) is 1. The molecule has 1 N–H and O–H groups in total. The van der Waals surface area contributed by atoms with Crippen LogP contribution in [0.25, 0.3) is 11.3 Å². The van der Waals surface area contributed by atoms with Gasteiger partial charge >= 0.3 is 0 Å². The fraction of sp³-hybridized carbons (Fsp3) is 0.0667. The Morgan fingerprint density at radius 1 is 1.10 bits per heavy atom. The van der Waals surface area contributed by atoms with Gasteiger partial charge in [0.15, 0.2) is 5.13 Å². The fourth-order valence-corrected chi connectivity index (χ4v) is 2.58. The second-order valence-corrected chi connectivity index (χ2v) is 4.96. The Morgan fingerprint density at radius 2 is 1.90 bits per heavy atom. The van der Waals surface area contributed by atoms with Gasteiger partial charge in [0, 0.05) is 23.3 Å². The molecule has 0 aliphatic carbocycles. The Balaban J connectivity index is 1.84. The molecule has 0 amide bonds. The number of methoxy groups -OCH3 is 1. The molecular formula is C15H13N3OS. The Kier molecular flexibility index (Phi) is 3.60. The van der Waals surface area contributed by atoms with Crippen molar-refractivity contribution in [1.29, 1.82) is 0 Å². The molecule has 0 aliphatic heterocycles. The number of nitrogens with zero attached hydrogens (tertiary/aromatic N) is 2. The summed E-state index contributed by atoms with van der Waals surface area (Å²) >= 11 is 1.56. The average Bonchev–Trinajstić information content (AvgIpc) is 2.97. The molecule has 5 heteroatoms. The lowest BCUT2D eigenvalue weighted by Gasteiger charge is -2.07. The van der Waals surface area contributed by atoms with Gasteiger partial charge in [0.05, 0.1) is 18.5 Å². The van der Waals surface area contributed by atoms with E-state index in [1.165, 1.54) is 0 Å². The van der Waals surface area contributed by atoms with Crippen LogP contribution in [0.2, 0.25) is 0 Å². The molecule has 2 heterocycles. The molecule has 0 fully saturated rings. The molecule has 0 aliphatic rings. The monoisotopic (exact) mass is 283 g/mol. The number of hydrogen-bond acceptors (Lipinski definition) is 5. The lowest BCUT2D eigenvalue weighted by molar-refractivity contribution is 0.417. The molecule has 0 saturated carbocycles. The van der Waals surface area contributed by atoms with Crippen LogP contribution in [0.3, 0.4) is 0 Å². The van der Waals surface area contributed by atoms with Crippen molar-refractivity contribution in [2.24, 2.45) is 0 Å². The van der Waals surface area contributed by atoms with Crippen LogP contribution in [-0.4, -0.2) is 17.1 Å². The summed E-state index contributed by atoms with van der Waals surface area (Å²) in [4.78, 5) is 8.59. The predicted octanol–water partition coefficient (Wildman–Crippen LogP) is 3.96. The Bertz CT molecular complexity index is 697. The molecule has 3 rings (SSSR count). The SMILES string of the molecule is COc1ccccc1Nc1nc(-c2ccncc2)cs1. The van der Waals surface area contributed by atoms with Gasteiger partial charge in [0.25, 0.3) is 0 Å². The van der Waals surface area contributed by atoms with E-state index in [0.29, 0.717) is 0 Å². The van der Waals surface area contributed by atoms with E-state index in [0.717, 1.165) is 27.8 Å². The summed E-state index contributed by atoms with van der Waals surface area (Å²) in [5.74, 6) is 0.799. The van der Waals surface area contributed by atoms with E-state index in [4.69, 9.17) is 4.74 Å². The maximum Gasteiger partial charge on any atom is 0.187 e. The molecule has 0 bridgehead atoms.